The fourth-order valence-electron chi connectivity index (χ4n) is 2.54. The number of nitrogens with one attached hydrogen (secondary N) is 1. The second-order valence-corrected chi connectivity index (χ2v) is 7.54. The average molecular weight is 294 g/mol. The Bertz CT molecular complexity index is 584. The number of hydrogen-bond donors (Lipinski definition) is 1. The minimum absolute atomic E-state index is 0.0242. The lowest BCUT2D eigenvalue weighted by Gasteiger charge is -2.15. The molecule has 0 aromatic heterocycles. The lowest BCUT2D eigenvalue weighted by molar-refractivity contribution is -0.117. The minimum atomic E-state index is -3.03. The highest BCUT2D eigenvalue weighted by Gasteiger charge is 2.29. The molecule has 2 atom stereocenters. The standard InChI is InChI=1S/C14H18N2O3S/c15-9-12(8-11-4-2-1-3-5-11)14(17)16-13-6-7-20(18,19)10-13/h1-2,8,11,13H,3-7,10H2,(H,16,17)/b12-8+/t11-,13+/m0/s1. The Kier molecular flexibility index (Phi) is 4.61. The molecule has 1 amide bonds. The molecule has 108 valence electrons. The van der Waals surface area contributed by atoms with Crippen molar-refractivity contribution in [2.45, 2.75) is 31.7 Å². The van der Waals surface area contributed by atoms with Gasteiger partial charge in [-0.2, -0.15) is 5.26 Å². The summed E-state index contributed by atoms with van der Waals surface area (Å²) >= 11 is 0. The van der Waals surface area contributed by atoms with Gasteiger partial charge in [-0.15, -0.1) is 0 Å². The highest BCUT2D eigenvalue weighted by Crippen LogP contribution is 2.21. The Labute approximate surface area is 119 Å². The van der Waals surface area contributed by atoms with Gasteiger partial charge in [-0.05, 0) is 31.6 Å². The second kappa shape index (κ2) is 6.23. The van der Waals surface area contributed by atoms with Crippen molar-refractivity contribution in [3.63, 3.8) is 0 Å². The van der Waals surface area contributed by atoms with E-state index < -0.39 is 15.7 Å². The number of hydrogen-bond acceptors (Lipinski definition) is 4. The van der Waals surface area contributed by atoms with Crippen molar-refractivity contribution in [2.75, 3.05) is 11.5 Å². The number of amides is 1. The van der Waals surface area contributed by atoms with Crippen LogP contribution in [0.1, 0.15) is 25.7 Å². The van der Waals surface area contributed by atoms with Crippen molar-refractivity contribution in [1.82, 2.24) is 5.32 Å². The Hall–Kier alpha value is -1.61. The highest BCUT2D eigenvalue weighted by atomic mass is 32.2. The van der Waals surface area contributed by atoms with E-state index in [2.05, 4.69) is 17.5 Å². The number of nitrogens with zero attached hydrogens (tertiary/aromatic N) is 1. The maximum Gasteiger partial charge on any atom is 0.261 e. The first kappa shape index (κ1) is 14.8. The van der Waals surface area contributed by atoms with Crippen LogP contribution in [0.25, 0.3) is 0 Å². The van der Waals surface area contributed by atoms with Gasteiger partial charge in [-0.1, -0.05) is 18.2 Å². The summed E-state index contributed by atoms with van der Waals surface area (Å²) in [5.41, 5.74) is 0.0922. The number of nitriles is 1. The molecule has 1 aliphatic heterocycles. The zero-order chi connectivity index (χ0) is 14.6. The van der Waals surface area contributed by atoms with Crippen LogP contribution in [-0.2, 0) is 14.6 Å². The predicted molar refractivity (Wildman–Crippen MR) is 75.4 cm³/mol. The molecule has 1 aliphatic carbocycles. The molecule has 0 aromatic carbocycles. The summed E-state index contributed by atoms with van der Waals surface area (Å²) in [6.07, 6.45) is 9.04. The van der Waals surface area contributed by atoms with Gasteiger partial charge in [-0.25, -0.2) is 8.42 Å². The van der Waals surface area contributed by atoms with Crippen LogP contribution < -0.4 is 5.32 Å². The van der Waals surface area contributed by atoms with E-state index in [0.29, 0.717) is 6.42 Å². The van der Waals surface area contributed by atoms with Crippen molar-refractivity contribution in [3.05, 3.63) is 23.8 Å². The molecule has 0 spiro atoms. The van der Waals surface area contributed by atoms with Crippen LogP contribution in [0.5, 0.6) is 0 Å². The summed E-state index contributed by atoms with van der Waals surface area (Å²) in [4.78, 5) is 12.0. The van der Waals surface area contributed by atoms with E-state index in [-0.39, 0.29) is 29.0 Å². The summed E-state index contributed by atoms with van der Waals surface area (Å²) < 4.78 is 22.7. The third-order valence-electron chi connectivity index (χ3n) is 3.64. The smallest absolute Gasteiger partial charge is 0.261 e. The molecule has 1 saturated heterocycles. The number of rotatable bonds is 3. The Morgan fingerprint density at radius 1 is 1.35 bits per heavy atom. The first-order chi connectivity index (χ1) is 9.50. The molecule has 20 heavy (non-hydrogen) atoms. The maximum absolute atomic E-state index is 12.0. The van der Waals surface area contributed by atoms with Crippen LogP contribution in [0.2, 0.25) is 0 Å². The van der Waals surface area contributed by atoms with Gasteiger partial charge in [-0.3, -0.25) is 4.79 Å². The van der Waals surface area contributed by atoms with E-state index in [1.807, 2.05) is 6.07 Å². The van der Waals surface area contributed by atoms with Gasteiger partial charge in [0.2, 0.25) is 0 Å². The molecular weight excluding hydrogens is 276 g/mol. The molecule has 0 radical (unpaired) electrons. The topological polar surface area (TPSA) is 87.0 Å². The minimum Gasteiger partial charge on any atom is -0.348 e. The van der Waals surface area contributed by atoms with E-state index in [0.717, 1.165) is 19.3 Å². The lowest BCUT2D eigenvalue weighted by atomic mass is 9.92. The van der Waals surface area contributed by atoms with Crippen LogP contribution in [0, 0.1) is 17.2 Å². The Morgan fingerprint density at radius 2 is 2.15 bits per heavy atom. The monoisotopic (exact) mass is 294 g/mol. The summed E-state index contributed by atoms with van der Waals surface area (Å²) in [5, 5.41) is 11.7. The molecule has 1 fully saturated rings. The van der Waals surface area contributed by atoms with Crippen molar-refractivity contribution in [2.24, 2.45) is 5.92 Å². The first-order valence-corrected chi connectivity index (χ1v) is 8.60. The van der Waals surface area contributed by atoms with Crippen molar-refractivity contribution < 1.29 is 13.2 Å². The van der Waals surface area contributed by atoms with Gasteiger partial charge >= 0.3 is 0 Å². The molecular formula is C14H18N2O3S. The van der Waals surface area contributed by atoms with Crippen LogP contribution in [-0.4, -0.2) is 31.9 Å². The molecule has 1 N–H and O–H groups in total. The molecule has 2 rings (SSSR count). The molecule has 0 unspecified atom stereocenters. The molecule has 0 saturated carbocycles. The molecule has 6 heteroatoms. The number of carbonyl (C=O) groups is 1. The fourth-order valence-corrected chi connectivity index (χ4v) is 4.21. The van der Waals surface area contributed by atoms with Gasteiger partial charge in [0.25, 0.3) is 5.91 Å². The van der Waals surface area contributed by atoms with Gasteiger partial charge in [0.15, 0.2) is 9.84 Å². The van der Waals surface area contributed by atoms with Gasteiger partial charge < -0.3 is 5.32 Å². The van der Waals surface area contributed by atoms with Crippen LogP contribution in [0.3, 0.4) is 0 Å². The Balaban J connectivity index is 1.97. The quantitative estimate of drug-likeness (QED) is 0.479. The van der Waals surface area contributed by atoms with Gasteiger partial charge in [0, 0.05) is 6.04 Å². The summed E-state index contributed by atoms with van der Waals surface area (Å²) in [5.74, 6) is -0.155. The normalized spacial score (nSPS) is 28.9. The predicted octanol–water partition coefficient (Wildman–Crippen LogP) is 1.10. The third kappa shape index (κ3) is 3.94. The second-order valence-electron chi connectivity index (χ2n) is 5.31. The zero-order valence-corrected chi connectivity index (χ0v) is 12.0. The lowest BCUT2D eigenvalue weighted by Crippen LogP contribution is -2.36. The average Bonchev–Trinajstić information content (AvgIpc) is 2.76. The van der Waals surface area contributed by atoms with E-state index in [9.17, 15) is 13.2 Å². The van der Waals surface area contributed by atoms with Crippen LogP contribution in [0.15, 0.2) is 23.8 Å². The number of carbonyl (C=O) groups excluding carboxylic acids is 1. The van der Waals surface area contributed by atoms with E-state index in [4.69, 9.17) is 5.26 Å². The number of sulfone groups is 1. The number of allylic oxidation sites excluding steroid dienone is 3. The third-order valence-corrected chi connectivity index (χ3v) is 5.41. The fraction of sp³-hybridized carbons (Fsp3) is 0.571. The largest absolute Gasteiger partial charge is 0.348 e. The molecule has 0 aromatic rings. The van der Waals surface area contributed by atoms with E-state index in [1.54, 1.807) is 6.08 Å². The summed E-state index contributed by atoms with van der Waals surface area (Å²) in [7, 11) is -3.03. The van der Waals surface area contributed by atoms with Gasteiger partial charge in [0.1, 0.15) is 11.6 Å². The van der Waals surface area contributed by atoms with Crippen molar-refractivity contribution in [1.29, 1.82) is 5.26 Å². The van der Waals surface area contributed by atoms with E-state index in [1.165, 1.54) is 0 Å². The van der Waals surface area contributed by atoms with E-state index >= 15 is 0 Å². The maximum atomic E-state index is 12.0. The van der Waals surface area contributed by atoms with Crippen LogP contribution in [0.4, 0.5) is 0 Å². The highest BCUT2D eigenvalue weighted by molar-refractivity contribution is 7.91. The summed E-state index contributed by atoms with van der Waals surface area (Å²) in [6, 6.07) is 1.55. The molecule has 2 aliphatic rings. The van der Waals surface area contributed by atoms with Gasteiger partial charge in [0.05, 0.1) is 11.5 Å². The van der Waals surface area contributed by atoms with Crippen LogP contribution >= 0.6 is 0 Å². The summed E-state index contributed by atoms with van der Waals surface area (Å²) in [6.45, 7) is 0. The SMILES string of the molecule is N#C/C(=C\[C@H]1CC=CCC1)C(=O)N[C@@H]1CCS(=O)(=O)C1. The first-order valence-electron chi connectivity index (χ1n) is 6.78. The molecule has 1 heterocycles. The van der Waals surface area contributed by atoms with Crippen molar-refractivity contribution >= 4 is 15.7 Å². The molecule has 5 nitrogen and oxygen atoms in total. The molecule has 0 bridgehead atoms. The zero-order valence-electron chi connectivity index (χ0n) is 11.2. The Morgan fingerprint density at radius 3 is 2.70 bits per heavy atom. The van der Waals surface area contributed by atoms with Crippen molar-refractivity contribution in [3.8, 4) is 6.07 Å².